The van der Waals surface area contributed by atoms with E-state index in [1.165, 1.54) is 12.8 Å². The van der Waals surface area contributed by atoms with E-state index in [1.54, 1.807) is 7.11 Å². The summed E-state index contributed by atoms with van der Waals surface area (Å²) in [4.78, 5) is 0. The van der Waals surface area contributed by atoms with Gasteiger partial charge in [-0.25, -0.2) is 0 Å². The molecule has 1 rings (SSSR count). The van der Waals surface area contributed by atoms with E-state index >= 15 is 0 Å². The zero-order valence-corrected chi connectivity index (χ0v) is 9.16. The lowest BCUT2D eigenvalue weighted by molar-refractivity contribution is 0.0631. The van der Waals surface area contributed by atoms with Gasteiger partial charge in [0.1, 0.15) is 0 Å². The quantitative estimate of drug-likeness (QED) is 0.494. The van der Waals surface area contributed by atoms with Gasteiger partial charge in [0.05, 0.1) is 12.2 Å². The number of hydrogen-bond acceptors (Lipinski definition) is 4. The maximum atomic E-state index is 5.55. The summed E-state index contributed by atoms with van der Waals surface area (Å²) in [7, 11) is 1.71. The van der Waals surface area contributed by atoms with Gasteiger partial charge in [-0.1, -0.05) is 0 Å². The highest BCUT2D eigenvalue weighted by atomic mass is 16.5. The number of hydrogen-bond donors (Lipinski definition) is 2. The number of nitrogens with one attached hydrogen (secondary N) is 1. The predicted molar refractivity (Wildman–Crippen MR) is 55.8 cm³/mol. The minimum absolute atomic E-state index is 0.154. The first-order chi connectivity index (χ1) is 6.77. The van der Waals surface area contributed by atoms with Crippen molar-refractivity contribution in [3.05, 3.63) is 0 Å². The Morgan fingerprint density at radius 1 is 1.64 bits per heavy atom. The second-order valence-electron chi connectivity index (χ2n) is 3.93. The lowest BCUT2D eigenvalue weighted by Gasteiger charge is -2.23. The fraction of sp³-hybridized carbons (Fsp3) is 1.00. The van der Waals surface area contributed by atoms with Gasteiger partial charge in [-0.2, -0.15) is 0 Å². The van der Waals surface area contributed by atoms with Crippen LogP contribution in [-0.2, 0) is 9.47 Å². The number of ether oxygens (including phenoxy) is 2. The van der Waals surface area contributed by atoms with Gasteiger partial charge in [0.2, 0.25) is 0 Å². The predicted octanol–water partition coefficient (Wildman–Crippen LogP) is 0.812. The SMILES string of the molecule is COC(C)C(CCC1CCCO1)NN. The molecule has 3 atom stereocenters. The topological polar surface area (TPSA) is 56.5 Å². The molecule has 0 bridgehead atoms. The molecule has 84 valence electrons. The standard InChI is InChI=1S/C10H22N2O2/c1-8(13-2)10(12-11)6-5-9-4-3-7-14-9/h8-10,12H,3-7,11H2,1-2H3. The fourth-order valence-electron chi connectivity index (χ4n) is 1.86. The van der Waals surface area contributed by atoms with Crippen LogP contribution in [0.3, 0.4) is 0 Å². The summed E-state index contributed by atoms with van der Waals surface area (Å²) in [5.74, 6) is 5.46. The molecule has 1 heterocycles. The first-order valence-electron chi connectivity index (χ1n) is 5.38. The van der Waals surface area contributed by atoms with Gasteiger partial charge in [0.15, 0.2) is 0 Å². The van der Waals surface area contributed by atoms with Gasteiger partial charge < -0.3 is 9.47 Å². The molecule has 1 fully saturated rings. The Morgan fingerprint density at radius 2 is 2.43 bits per heavy atom. The lowest BCUT2D eigenvalue weighted by Crippen LogP contribution is -2.43. The largest absolute Gasteiger partial charge is 0.380 e. The summed E-state index contributed by atoms with van der Waals surface area (Å²) in [5.41, 5.74) is 2.80. The van der Waals surface area contributed by atoms with Crippen molar-refractivity contribution < 1.29 is 9.47 Å². The highest BCUT2D eigenvalue weighted by molar-refractivity contribution is 4.74. The Kier molecular flexibility index (Phi) is 5.40. The molecule has 1 aliphatic heterocycles. The van der Waals surface area contributed by atoms with Crippen LogP contribution in [0.25, 0.3) is 0 Å². The third-order valence-corrected chi connectivity index (χ3v) is 2.98. The molecule has 0 amide bonds. The van der Waals surface area contributed by atoms with Crippen molar-refractivity contribution in [1.82, 2.24) is 5.43 Å². The van der Waals surface area contributed by atoms with Crippen molar-refractivity contribution >= 4 is 0 Å². The van der Waals surface area contributed by atoms with E-state index < -0.39 is 0 Å². The molecule has 0 aliphatic carbocycles. The van der Waals surface area contributed by atoms with Crippen LogP contribution >= 0.6 is 0 Å². The van der Waals surface area contributed by atoms with Crippen molar-refractivity contribution in [2.75, 3.05) is 13.7 Å². The van der Waals surface area contributed by atoms with E-state index in [9.17, 15) is 0 Å². The lowest BCUT2D eigenvalue weighted by atomic mass is 10.0. The van der Waals surface area contributed by atoms with E-state index in [4.69, 9.17) is 15.3 Å². The van der Waals surface area contributed by atoms with Gasteiger partial charge in [0.25, 0.3) is 0 Å². The molecule has 14 heavy (non-hydrogen) atoms. The Hall–Kier alpha value is -0.160. The van der Waals surface area contributed by atoms with Crippen molar-refractivity contribution in [1.29, 1.82) is 0 Å². The second-order valence-corrected chi connectivity index (χ2v) is 3.93. The van der Waals surface area contributed by atoms with E-state index in [0.29, 0.717) is 6.10 Å². The normalized spacial score (nSPS) is 26.4. The number of hydrazine groups is 1. The van der Waals surface area contributed by atoms with Crippen molar-refractivity contribution in [3.8, 4) is 0 Å². The van der Waals surface area contributed by atoms with E-state index in [0.717, 1.165) is 19.4 Å². The van der Waals surface area contributed by atoms with Gasteiger partial charge >= 0.3 is 0 Å². The summed E-state index contributed by atoms with van der Waals surface area (Å²) in [6, 6.07) is 0.226. The molecular weight excluding hydrogens is 180 g/mol. The average Bonchev–Trinajstić information content (AvgIpc) is 2.71. The smallest absolute Gasteiger partial charge is 0.0709 e. The average molecular weight is 202 g/mol. The minimum atomic E-state index is 0.154. The first kappa shape index (κ1) is 11.9. The van der Waals surface area contributed by atoms with Crippen LogP contribution in [0, 0.1) is 0 Å². The molecule has 0 aromatic carbocycles. The van der Waals surface area contributed by atoms with Crippen molar-refractivity contribution in [2.24, 2.45) is 5.84 Å². The summed E-state index contributed by atoms with van der Waals surface area (Å²) in [6.45, 7) is 2.95. The molecular formula is C10H22N2O2. The molecule has 0 spiro atoms. The number of methoxy groups -OCH3 is 1. The van der Waals surface area contributed by atoms with Crippen LogP contribution in [0.2, 0.25) is 0 Å². The van der Waals surface area contributed by atoms with E-state index in [1.807, 2.05) is 6.92 Å². The molecule has 1 aliphatic rings. The van der Waals surface area contributed by atoms with Gasteiger partial charge in [-0.15, -0.1) is 0 Å². The van der Waals surface area contributed by atoms with Crippen LogP contribution in [0.4, 0.5) is 0 Å². The summed E-state index contributed by atoms with van der Waals surface area (Å²) in [5, 5.41) is 0. The molecule has 0 radical (unpaired) electrons. The zero-order valence-electron chi connectivity index (χ0n) is 9.16. The Morgan fingerprint density at radius 3 is 2.93 bits per heavy atom. The third kappa shape index (κ3) is 3.53. The molecule has 3 N–H and O–H groups in total. The Balaban J connectivity index is 2.19. The van der Waals surface area contributed by atoms with E-state index in [2.05, 4.69) is 5.43 Å². The van der Waals surface area contributed by atoms with Gasteiger partial charge in [-0.05, 0) is 32.6 Å². The van der Waals surface area contributed by atoms with Crippen molar-refractivity contribution in [3.63, 3.8) is 0 Å². The van der Waals surface area contributed by atoms with Crippen LogP contribution in [0.15, 0.2) is 0 Å². The van der Waals surface area contributed by atoms with E-state index in [-0.39, 0.29) is 12.1 Å². The van der Waals surface area contributed by atoms with Gasteiger partial charge in [-0.3, -0.25) is 11.3 Å². The highest BCUT2D eigenvalue weighted by Gasteiger charge is 2.20. The number of rotatable bonds is 6. The van der Waals surface area contributed by atoms with Crippen LogP contribution in [0.5, 0.6) is 0 Å². The third-order valence-electron chi connectivity index (χ3n) is 2.98. The summed E-state index contributed by atoms with van der Waals surface area (Å²) >= 11 is 0. The second kappa shape index (κ2) is 6.35. The molecule has 0 saturated carbocycles. The molecule has 0 aromatic rings. The summed E-state index contributed by atoms with van der Waals surface area (Å²) < 4.78 is 10.8. The maximum absolute atomic E-state index is 5.55. The number of nitrogens with two attached hydrogens (primary N) is 1. The Bertz CT molecular complexity index is 149. The van der Waals surface area contributed by atoms with Crippen molar-refractivity contribution in [2.45, 2.75) is 50.9 Å². The van der Waals surface area contributed by atoms with Gasteiger partial charge in [0, 0.05) is 19.8 Å². The zero-order chi connectivity index (χ0) is 10.4. The molecule has 3 unspecified atom stereocenters. The first-order valence-corrected chi connectivity index (χ1v) is 5.38. The monoisotopic (exact) mass is 202 g/mol. The van der Waals surface area contributed by atoms with Crippen LogP contribution < -0.4 is 11.3 Å². The highest BCUT2D eigenvalue weighted by Crippen LogP contribution is 2.18. The minimum Gasteiger partial charge on any atom is -0.380 e. The molecule has 0 aromatic heterocycles. The van der Waals surface area contributed by atoms with Crippen LogP contribution in [-0.4, -0.2) is 32.0 Å². The summed E-state index contributed by atoms with van der Waals surface area (Å²) in [6.07, 6.45) is 5.07. The molecule has 1 saturated heterocycles. The molecule has 4 nitrogen and oxygen atoms in total. The molecule has 4 heteroatoms. The fourth-order valence-corrected chi connectivity index (χ4v) is 1.86. The van der Waals surface area contributed by atoms with Crippen LogP contribution in [0.1, 0.15) is 32.6 Å². The maximum Gasteiger partial charge on any atom is 0.0709 e. The Labute approximate surface area is 86.1 Å².